The van der Waals surface area contributed by atoms with E-state index in [1.165, 1.54) is 22.5 Å². The molecule has 0 bridgehead atoms. The van der Waals surface area contributed by atoms with E-state index in [1.807, 2.05) is 0 Å². The highest BCUT2D eigenvalue weighted by Gasteiger charge is 2.40. The molecule has 0 spiro atoms. The number of nitrogens with zero attached hydrogens (tertiary/aromatic N) is 2. The Balaban J connectivity index is 1.87. The predicted octanol–water partition coefficient (Wildman–Crippen LogP) is 0.821. The lowest BCUT2D eigenvalue weighted by Crippen LogP contribution is -2.53. The first-order valence-electron chi connectivity index (χ1n) is 6.54. The summed E-state index contributed by atoms with van der Waals surface area (Å²) in [5, 5.41) is 0. The van der Waals surface area contributed by atoms with Crippen LogP contribution >= 0.6 is 0 Å². The quantitative estimate of drug-likeness (QED) is 0.812. The van der Waals surface area contributed by atoms with Gasteiger partial charge in [0, 0.05) is 32.1 Å². The van der Waals surface area contributed by atoms with Gasteiger partial charge in [0.2, 0.25) is 15.9 Å². The van der Waals surface area contributed by atoms with E-state index in [0.29, 0.717) is 19.4 Å². The summed E-state index contributed by atoms with van der Waals surface area (Å²) >= 11 is 0. The Kier molecular flexibility index (Phi) is 3.25. The normalized spacial score (nSPS) is 23.9. The van der Waals surface area contributed by atoms with Gasteiger partial charge in [-0.25, -0.2) is 12.8 Å². The van der Waals surface area contributed by atoms with Gasteiger partial charge in [0.1, 0.15) is 10.7 Å². The van der Waals surface area contributed by atoms with Crippen molar-refractivity contribution in [1.82, 2.24) is 9.21 Å². The van der Waals surface area contributed by atoms with Gasteiger partial charge in [-0.1, -0.05) is 12.1 Å². The van der Waals surface area contributed by atoms with Gasteiger partial charge in [0.05, 0.1) is 0 Å². The number of benzene rings is 1. The van der Waals surface area contributed by atoms with Crippen molar-refractivity contribution in [3.8, 4) is 0 Å². The number of hydrogen-bond acceptors (Lipinski definition) is 3. The van der Waals surface area contributed by atoms with Gasteiger partial charge in [-0.3, -0.25) is 4.79 Å². The molecule has 1 aromatic carbocycles. The number of hydrogen-bond donors (Lipinski definition) is 0. The number of sulfonamides is 1. The molecule has 3 rings (SSSR count). The molecule has 7 heteroatoms. The topological polar surface area (TPSA) is 57.7 Å². The molecule has 2 heterocycles. The van der Waals surface area contributed by atoms with Crippen molar-refractivity contribution in [2.24, 2.45) is 0 Å². The van der Waals surface area contributed by atoms with Gasteiger partial charge in [-0.2, -0.15) is 4.31 Å². The van der Waals surface area contributed by atoms with Crippen LogP contribution in [-0.4, -0.2) is 49.2 Å². The molecule has 1 amide bonds. The van der Waals surface area contributed by atoms with Crippen molar-refractivity contribution in [3.63, 3.8) is 0 Å². The summed E-state index contributed by atoms with van der Waals surface area (Å²) in [5.41, 5.74) is 0. The molecule has 1 atom stereocenters. The fourth-order valence-corrected chi connectivity index (χ4v) is 4.38. The Morgan fingerprint density at radius 3 is 2.70 bits per heavy atom. The van der Waals surface area contributed by atoms with Crippen LogP contribution in [-0.2, 0) is 14.8 Å². The Bertz CT molecular complexity index is 647. The van der Waals surface area contributed by atoms with Crippen molar-refractivity contribution in [2.45, 2.75) is 23.8 Å². The first-order valence-corrected chi connectivity index (χ1v) is 7.98. The molecular formula is C13H15FN2O3S. The van der Waals surface area contributed by atoms with Crippen LogP contribution in [0.15, 0.2) is 29.2 Å². The maximum absolute atomic E-state index is 13.7. The van der Waals surface area contributed by atoms with Crippen LogP contribution in [0.3, 0.4) is 0 Å². The Morgan fingerprint density at radius 2 is 1.95 bits per heavy atom. The van der Waals surface area contributed by atoms with E-state index < -0.39 is 15.8 Å². The monoisotopic (exact) mass is 298 g/mol. The molecule has 2 aliphatic heterocycles. The zero-order chi connectivity index (χ0) is 14.3. The molecule has 0 radical (unpaired) electrons. The zero-order valence-electron chi connectivity index (χ0n) is 10.8. The van der Waals surface area contributed by atoms with Crippen molar-refractivity contribution >= 4 is 15.9 Å². The largest absolute Gasteiger partial charge is 0.337 e. The Labute approximate surface area is 117 Å². The summed E-state index contributed by atoms with van der Waals surface area (Å²) in [5.74, 6) is -0.657. The second kappa shape index (κ2) is 4.82. The lowest BCUT2D eigenvalue weighted by molar-refractivity contribution is -0.130. The molecule has 0 saturated carbocycles. The SMILES string of the molecule is O=C1CC[C@@H]2CN(S(=O)(=O)c3ccccc3F)CCN12. The summed E-state index contributed by atoms with van der Waals surface area (Å²) in [4.78, 5) is 13.0. The third-order valence-electron chi connectivity index (χ3n) is 3.91. The summed E-state index contributed by atoms with van der Waals surface area (Å²) in [6.07, 6.45) is 1.14. The van der Waals surface area contributed by atoms with Crippen molar-refractivity contribution in [1.29, 1.82) is 0 Å². The molecule has 5 nitrogen and oxygen atoms in total. The smallest absolute Gasteiger partial charge is 0.246 e. The van der Waals surface area contributed by atoms with Crippen LogP contribution < -0.4 is 0 Å². The third kappa shape index (κ3) is 2.10. The second-order valence-corrected chi connectivity index (χ2v) is 6.98. The molecule has 0 unspecified atom stereocenters. The molecular weight excluding hydrogens is 283 g/mol. The minimum Gasteiger partial charge on any atom is -0.337 e. The maximum atomic E-state index is 13.7. The van der Waals surface area contributed by atoms with Crippen LogP contribution in [0, 0.1) is 5.82 Å². The number of halogens is 1. The molecule has 2 aliphatic rings. The number of rotatable bonds is 2. The lowest BCUT2D eigenvalue weighted by atomic mass is 10.2. The van der Waals surface area contributed by atoms with E-state index in [-0.39, 0.29) is 29.9 Å². The number of piperazine rings is 1. The molecule has 1 aromatic rings. The highest BCUT2D eigenvalue weighted by atomic mass is 32.2. The van der Waals surface area contributed by atoms with Crippen LogP contribution in [0.2, 0.25) is 0 Å². The highest BCUT2D eigenvalue weighted by molar-refractivity contribution is 7.89. The third-order valence-corrected chi connectivity index (χ3v) is 5.81. The van der Waals surface area contributed by atoms with Crippen LogP contribution in [0.5, 0.6) is 0 Å². The number of fused-ring (bicyclic) bond motifs is 1. The molecule has 2 saturated heterocycles. The fourth-order valence-electron chi connectivity index (χ4n) is 2.85. The van der Waals surface area contributed by atoms with E-state index in [2.05, 4.69) is 0 Å². The average Bonchev–Trinajstić information content (AvgIpc) is 2.80. The van der Waals surface area contributed by atoms with E-state index in [1.54, 1.807) is 4.90 Å². The van der Waals surface area contributed by atoms with E-state index in [0.717, 1.165) is 6.07 Å². The second-order valence-electron chi connectivity index (χ2n) is 5.07. The molecule has 0 N–H and O–H groups in total. The lowest BCUT2D eigenvalue weighted by Gasteiger charge is -2.36. The van der Waals surface area contributed by atoms with Crippen LogP contribution in [0.1, 0.15) is 12.8 Å². The zero-order valence-corrected chi connectivity index (χ0v) is 11.6. The van der Waals surface area contributed by atoms with Gasteiger partial charge >= 0.3 is 0 Å². The number of amides is 1. The standard InChI is InChI=1S/C13H15FN2O3S/c14-11-3-1-2-4-12(11)20(18,19)15-7-8-16-10(9-15)5-6-13(16)17/h1-4,10H,5-9H2/t10-/m1/s1. The number of carbonyl (C=O) groups is 1. The fraction of sp³-hybridized carbons (Fsp3) is 0.462. The first-order chi connectivity index (χ1) is 9.50. The first kappa shape index (κ1) is 13.5. The Hall–Kier alpha value is -1.47. The van der Waals surface area contributed by atoms with Crippen LogP contribution in [0.25, 0.3) is 0 Å². The molecule has 0 aliphatic carbocycles. The van der Waals surface area contributed by atoms with Gasteiger partial charge in [-0.05, 0) is 18.6 Å². The maximum Gasteiger partial charge on any atom is 0.246 e. The minimum atomic E-state index is -3.83. The van der Waals surface area contributed by atoms with Gasteiger partial charge < -0.3 is 4.90 Å². The van der Waals surface area contributed by atoms with Crippen molar-refractivity contribution < 1.29 is 17.6 Å². The molecule has 0 aromatic heterocycles. The minimum absolute atomic E-state index is 0.0715. The average molecular weight is 298 g/mol. The van der Waals surface area contributed by atoms with E-state index in [9.17, 15) is 17.6 Å². The van der Waals surface area contributed by atoms with Crippen LogP contribution in [0.4, 0.5) is 4.39 Å². The summed E-state index contributed by atoms with van der Waals surface area (Å²) in [7, 11) is -3.83. The molecule has 2 fully saturated rings. The molecule has 20 heavy (non-hydrogen) atoms. The Morgan fingerprint density at radius 1 is 1.20 bits per heavy atom. The van der Waals surface area contributed by atoms with Crippen molar-refractivity contribution in [3.05, 3.63) is 30.1 Å². The predicted molar refractivity (Wildman–Crippen MR) is 69.9 cm³/mol. The molecule has 108 valence electrons. The summed E-state index contributed by atoms with van der Waals surface area (Å²) in [6.45, 7) is 0.860. The van der Waals surface area contributed by atoms with E-state index >= 15 is 0 Å². The van der Waals surface area contributed by atoms with Gasteiger partial charge in [0.15, 0.2) is 0 Å². The van der Waals surface area contributed by atoms with Crippen molar-refractivity contribution in [2.75, 3.05) is 19.6 Å². The summed E-state index contributed by atoms with van der Waals surface area (Å²) < 4.78 is 39.9. The summed E-state index contributed by atoms with van der Waals surface area (Å²) in [6, 6.07) is 5.31. The van der Waals surface area contributed by atoms with Gasteiger partial charge in [-0.15, -0.1) is 0 Å². The van der Waals surface area contributed by atoms with Gasteiger partial charge in [0.25, 0.3) is 0 Å². The van der Waals surface area contributed by atoms with E-state index in [4.69, 9.17) is 0 Å². The number of carbonyl (C=O) groups excluding carboxylic acids is 1. The highest BCUT2D eigenvalue weighted by Crippen LogP contribution is 2.27.